The van der Waals surface area contributed by atoms with Gasteiger partial charge in [-0.3, -0.25) is 9.69 Å². The van der Waals surface area contributed by atoms with Gasteiger partial charge in [-0.15, -0.1) is 0 Å². The third-order valence-corrected chi connectivity index (χ3v) is 5.62. The number of fused-ring (bicyclic) bond motifs is 1. The van der Waals surface area contributed by atoms with Gasteiger partial charge < -0.3 is 15.0 Å². The highest BCUT2D eigenvalue weighted by Gasteiger charge is 2.32. The van der Waals surface area contributed by atoms with Gasteiger partial charge in [-0.2, -0.15) is 0 Å². The fourth-order valence-corrected chi connectivity index (χ4v) is 4.15. The Balaban J connectivity index is 1.69. The van der Waals surface area contributed by atoms with Crippen molar-refractivity contribution in [2.24, 2.45) is 5.92 Å². The molecule has 1 aliphatic rings. The lowest BCUT2D eigenvalue weighted by Crippen LogP contribution is -2.49. The van der Waals surface area contributed by atoms with E-state index in [1.165, 1.54) is 6.07 Å². The van der Waals surface area contributed by atoms with E-state index in [1.807, 2.05) is 14.1 Å². The largest absolute Gasteiger partial charge is 0.380 e. The molecule has 0 saturated carbocycles. The van der Waals surface area contributed by atoms with Gasteiger partial charge in [0, 0.05) is 39.4 Å². The summed E-state index contributed by atoms with van der Waals surface area (Å²) >= 11 is 1.06. The van der Waals surface area contributed by atoms with Crippen molar-refractivity contribution in [3.63, 3.8) is 0 Å². The van der Waals surface area contributed by atoms with E-state index in [-0.39, 0.29) is 28.6 Å². The number of hydrogen-bond acceptors (Lipinski definition) is 6. The molecular weight excluding hydrogens is 374 g/mol. The van der Waals surface area contributed by atoms with E-state index in [0.29, 0.717) is 17.7 Å². The number of piperidine rings is 1. The molecule has 1 aromatic carbocycles. The highest BCUT2D eigenvalue weighted by Crippen LogP contribution is 2.29. The lowest BCUT2D eigenvalue weighted by molar-refractivity contribution is -0.124. The van der Waals surface area contributed by atoms with Crippen LogP contribution in [-0.4, -0.2) is 74.2 Å². The van der Waals surface area contributed by atoms with Crippen molar-refractivity contribution in [2.75, 3.05) is 52.7 Å². The van der Waals surface area contributed by atoms with E-state index < -0.39 is 11.6 Å². The Kier molecular flexibility index (Phi) is 6.36. The molecule has 27 heavy (non-hydrogen) atoms. The summed E-state index contributed by atoms with van der Waals surface area (Å²) in [5.41, 5.74) is 0.0720. The lowest BCUT2D eigenvalue weighted by atomic mass is 9.95. The van der Waals surface area contributed by atoms with Crippen molar-refractivity contribution in [3.8, 4) is 0 Å². The first-order chi connectivity index (χ1) is 12.9. The van der Waals surface area contributed by atoms with Crippen LogP contribution in [0.4, 0.5) is 13.9 Å². The van der Waals surface area contributed by atoms with E-state index in [4.69, 9.17) is 4.74 Å². The lowest BCUT2D eigenvalue weighted by Gasteiger charge is -2.36. The number of anilines is 1. The summed E-state index contributed by atoms with van der Waals surface area (Å²) < 4.78 is 33.0. The molecular formula is C18H24F2N4O2S. The quantitative estimate of drug-likeness (QED) is 0.810. The van der Waals surface area contributed by atoms with Crippen LogP contribution in [0.3, 0.4) is 0 Å². The third kappa shape index (κ3) is 4.98. The highest BCUT2D eigenvalue weighted by molar-refractivity contribution is 7.22. The van der Waals surface area contributed by atoms with Gasteiger partial charge >= 0.3 is 0 Å². The molecule has 1 saturated heterocycles. The van der Waals surface area contributed by atoms with Crippen LogP contribution in [0, 0.1) is 17.6 Å². The molecule has 0 bridgehead atoms. The number of methoxy groups -OCH3 is 1. The molecule has 0 aliphatic carbocycles. The Labute approximate surface area is 161 Å². The van der Waals surface area contributed by atoms with Crippen LogP contribution in [0.2, 0.25) is 0 Å². The van der Waals surface area contributed by atoms with Crippen molar-refractivity contribution in [3.05, 3.63) is 23.8 Å². The number of carbonyl (C=O) groups excluding carboxylic acids is 1. The number of nitrogens with one attached hydrogen (secondary N) is 1. The van der Waals surface area contributed by atoms with Crippen LogP contribution >= 0.6 is 11.3 Å². The Morgan fingerprint density at radius 3 is 2.89 bits per heavy atom. The molecule has 1 amide bonds. The van der Waals surface area contributed by atoms with Gasteiger partial charge in [0.25, 0.3) is 0 Å². The van der Waals surface area contributed by atoms with Gasteiger partial charge in [0.2, 0.25) is 5.91 Å². The van der Waals surface area contributed by atoms with E-state index >= 15 is 0 Å². The van der Waals surface area contributed by atoms with Gasteiger partial charge in [-0.05, 0) is 26.6 Å². The first-order valence-corrected chi connectivity index (χ1v) is 9.63. The zero-order chi connectivity index (χ0) is 19.6. The second-order valence-corrected chi connectivity index (χ2v) is 8.13. The van der Waals surface area contributed by atoms with Crippen molar-refractivity contribution >= 4 is 32.6 Å². The summed E-state index contributed by atoms with van der Waals surface area (Å²) in [6, 6.07) is 2.01. The van der Waals surface area contributed by atoms with E-state index in [1.54, 1.807) is 7.11 Å². The van der Waals surface area contributed by atoms with Crippen LogP contribution in [0.15, 0.2) is 12.1 Å². The number of halogens is 2. The zero-order valence-electron chi connectivity index (χ0n) is 15.7. The Morgan fingerprint density at radius 1 is 1.41 bits per heavy atom. The Hall–Kier alpha value is -1.68. The van der Waals surface area contributed by atoms with Gasteiger partial charge in [0.1, 0.15) is 11.3 Å². The second kappa shape index (κ2) is 8.55. The summed E-state index contributed by atoms with van der Waals surface area (Å²) in [6.45, 7) is 3.17. The smallest absolute Gasteiger partial charge is 0.230 e. The fraction of sp³-hybridized carbons (Fsp3) is 0.556. The van der Waals surface area contributed by atoms with Crippen molar-refractivity contribution < 1.29 is 18.3 Å². The summed E-state index contributed by atoms with van der Waals surface area (Å²) in [5, 5.41) is 3.04. The molecule has 6 nitrogen and oxygen atoms in total. The minimum absolute atomic E-state index is 0.0152. The maximum atomic E-state index is 13.8. The van der Waals surface area contributed by atoms with Gasteiger partial charge in [-0.25, -0.2) is 13.8 Å². The number of carbonyl (C=O) groups is 1. The molecule has 148 valence electrons. The van der Waals surface area contributed by atoms with E-state index in [0.717, 1.165) is 37.0 Å². The van der Waals surface area contributed by atoms with Crippen LogP contribution in [0.25, 0.3) is 10.2 Å². The fourth-order valence-electron chi connectivity index (χ4n) is 3.24. The maximum absolute atomic E-state index is 13.8. The molecule has 0 radical (unpaired) electrons. The number of ether oxygens (including phenoxy) is 1. The molecule has 1 aliphatic heterocycles. The van der Waals surface area contributed by atoms with Crippen molar-refractivity contribution in [1.29, 1.82) is 0 Å². The summed E-state index contributed by atoms with van der Waals surface area (Å²) in [5.74, 6) is -1.81. The first kappa shape index (κ1) is 20.1. The molecule has 2 unspecified atom stereocenters. The molecule has 0 spiro atoms. The average Bonchev–Trinajstić information content (AvgIpc) is 3.02. The minimum atomic E-state index is -0.728. The Morgan fingerprint density at radius 2 is 2.19 bits per heavy atom. The molecule has 2 aromatic rings. The number of hydrogen-bond donors (Lipinski definition) is 1. The predicted molar refractivity (Wildman–Crippen MR) is 102 cm³/mol. The van der Waals surface area contributed by atoms with Crippen molar-refractivity contribution in [1.82, 2.24) is 14.8 Å². The van der Waals surface area contributed by atoms with Crippen LogP contribution in [0.5, 0.6) is 0 Å². The first-order valence-electron chi connectivity index (χ1n) is 8.82. The molecule has 1 aromatic heterocycles. The molecule has 1 fully saturated rings. The predicted octanol–water partition coefficient (Wildman–Crippen LogP) is 2.41. The van der Waals surface area contributed by atoms with E-state index in [9.17, 15) is 13.6 Å². The number of likely N-dealkylation sites (N-methyl/N-ethyl adjacent to an activating group) is 1. The van der Waals surface area contributed by atoms with Crippen molar-refractivity contribution in [2.45, 2.75) is 12.5 Å². The van der Waals surface area contributed by atoms with Crippen LogP contribution in [-0.2, 0) is 9.53 Å². The Bertz CT molecular complexity index is 814. The van der Waals surface area contributed by atoms with Crippen LogP contribution < -0.4 is 5.32 Å². The molecule has 1 N–H and O–H groups in total. The van der Waals surface area contributed by atoms with Gasteiger partial charge in [0.05, 0.1) is 16.7 Å². The van der Waals surface area contributed by atoms with Crippen LogP contribution in [0.1, 0.15) is 6.42 Å². The molecule has 3 rings (SSSR count). The topological polar surface area (TPSA) is 57.7 Å². The maximum Gasteiger partial charge on any atom is 0.230 e. The van der Waals surface area contributed by atoms with Gasteiger partial charge in [-0.1, -0.05) is 11.3 Å². The monoisotopic (exact) mass is 398 g/mol. The summed E-state index contributed by atoms with van der Waals surface area (Å²) in [6.07, 6.45) is 0.605. The average molecular weight is 398 g/mol. The summed E-state index contributed by atoms with van der Waals surface area (Å²) in [4.78, 5) is 21.2. The normalized spacial score (nSPS) is 21.1. The number of likely N-dealkylation sites (tertiary alicyclic amines) is 1. The standard InChI is InChI=1S/C18H24F2N4O2S/c1-23(2)4-5-24-9-11(6-13(10-24)26-3)17(25)22-18-21-16-14(20)7-12(19)8-15(16)27-18/h7-8,11,13H,4-6,9-10H2,1-3H3,(H,21,22,25). The van der Waals surface area contributed by atoms with E-state index in [2.05, 4.69) is 20.1 Å². The molecule has 2 heterocycles. The number of benzene rings is 1. The SMILES string of the molecule is COC1CC(C(=O)Nc2nc3c(F)cc(F)cc3s2)CN(CCN(C)C)C1. The number of thiazole rings is 1. The van der Waals surface area contributed by atoms with Gasteiger partial charge in [0.15, 0.2) is 10.9 Å². The zero-order valence-corrected chi connectivity index (χ0v) is 16.5. The number of rotatable bonds is 6. The highest BCUT2D eigenvalue weighted by atomic mass is 32.1. The molecule has 2 atom stereocenters. The number of amides is 1. The molecule has 9 heteroatoms. The third-order valence-electron chi connectivity index (χ3n) is 4.70. The number of nitrogens with zero attached hydrogens (tertiary/aromatic N) is 3. The number of aromatic nitrogens is 1. The summed E-state index contributed by atoms with van der Waals surface area (Å²) in [7, 11) is 5.67. The minimum Gasteiger partial charge on any atom is -0.380 e. The second-order valence-electron chi connectivity index (χ2n) is 7.10.